The minimum absolute atomic E-state index is 0.00141. The van der Waals surface area contributed by atoms with Crippen molar-refractivity contribution in [2.24, 2.45) is 5.92 Å². The standard InChI is InChI=1S/C53H78N4O15/c58-46(54-30-32-67-34-36-69-40-48(60)55-31-33-68-35-37-70-41-51(63)72-57-49(61)28-29-50(57)62)27-26-45(53(66)71-39-43-22-16-13-17-23-43)56-47(59)25-19-11-9-7-5-3-1-2-4-6-8-10-18-24-44(52(64)65)38-42-20-14-12-15-21-42/h12-17,20-23,44-45H,1-11,18-19,24-41H2,(H,54,58)(H,55,60)(H,56,59)(H,64,65)/t44?,45-/m0/s1. The second kappa shape index (κ2) is 38.9. The summed E-state index contributed by atoms with van der Waals surface area (Å²) in [6.45, 7) is 0.700. The fourth-order valence-electron chi connectivity index (χ4n) is 7.66. The highest BCUT2D eigenvalue weighted by Crippen LogP contribution is 2.19. The molecule has 1 unspecified atom stereocenters. The van der Waals surface area contributed by atoms with E-state index in [2.05, 4.69) is 20.8 Å². The van der Waals surface area contributed by atoms with Gasteiger partial charge < -0.3 is 49.6 Å². The van der Waals surface area contributed by atoms with Gasteiger partial charge in [0.2, 0.25) is 17.7 Å². The molecule has 2 atom stereocenters. The Morgan fingerprint density at radius 1 is 0.542 bits per heavy atom. The van der Waals surface area contributed by atoms with Gasteiger partial charge in [0.1, 0.15) is 25.9 Å². The van der Waals surface area contributed by atoms with E-state index in [9.17, 15) is 43.5 Å². The first-order valence-corrected chi connectivity index (χ1v) is 25.7. The molecule has 19 heteroatoms. The number of ether oxygens (including phenoxy) is 5. The molecule has 1 fully saturated rings. The maximum Gasteiger partial charge on any atom is 0.358 e. The van der Waals surface area contributed by atoms with E-state index in [1.807, 2.05) is 60.7 Å². The summed E-state index contributed by atoms with van der Waals surface area (Å²) >= 11 is 0. The summed E-state index contributed by atoms with van der Waals surface area (Å²) in [6, 6.07) is 18.1. The van der Waals surface area contributed by atoms with E-state index in [1.54, 1.807) is 0 Å². The first-order valence-electron chi connectivity index (χ1n) is 25.7. The number of hydrogen-bond acceptors (Lipinski definition) is 14. The fourth-order valence-corrected chi connectivity index (χ4v) is 7.66. The molecule has 4 N–H and O–H groups in total. The second-order valence-corrected chi connectivity index (χ2v) is 17.7. The molecule has 72 heavy (non-hydrogen) atoms. The molecule has 5 amide bonds. The average Bonchev–Trinajstić information content (AvgIpc) is 3.69. The van der Waals surface area contributed by atoms with Crippen molar-refractivity contribution in [1.29, 1.82) is 0 Å². The Balaban J connectivity index is 1.15. The monoisotopic (exact) mass is 1010 g/mol. The fraction of sp³-hybridized carbons (Fsp3) is 0.623. The molecule has 0 aromatic heterocycles. The minimum Gasteiger partial charge on any atom is -0.481 e. The molecule has 0 radical (unpaired) electrons. The topological polar surface area (TPSA) is 251 Å². The number of nitrogens with one attached hydrogen (secondary N) is 3. The molecule has 0 bridgehead atoms. The molecule has 2 aromatic rings. The highest BCUT2D eigenvalue weighted by atomic mass is 16.7. The molecule has 1 aliphatic heterocycles. The Kier molecular flexibility index (Phi) is 32.7. The zero-order valence-corrected chi connectivity index (χ0v) is 42.0. The molecule has 2 aromatic carbocycles. The van der Waals surface area contributed by atoms with Crippen LogP contribution in [0.25, 0.3) is 0 Å². The summed E-state index contributed by atoms with van der Waals surface area (Å²) in [5, 5.41) is 18.2. The van der Waals surface area contributed by atoms with Crippen LogP contribution in [0.4, 0.5) is 0 Å². The highest BCUT2D eigenvalue weighted by molar-refractivity contribution is 6.01. The third kappa shape index (κ3) is 29.6. The Bertz CT molecular complexity index is 1870. The number of hydroxylamine groups is 2. The van der Waals surface area contributed by atoms with Crippen LogP contribution in [0.1, 0.15) is 133 Å². The number of hydrogen-bond donors (Lipinski definition) is 4. The number of esters is 1. The zero-order chi connectivity index (χ0) is 51.9. The summed E-state index contributed by atoms with van der Waals surface area (Å²) in [6.07, 6.45) is 15.7. The number of carboxylic acids is 1. The van der Waals surface area contributed by atoms with Gasteiger partial charge in [0.15, 0.2) is 0 Å². The maximum atomic E-state index is 13.1. The summed E-state index contributed by atoms with van der Waals surface area (Å²) in [4.78, 5) is 102. The van der Waals surface area contributed by atoms with Gasteiger partial charge in [-0.15, -0.1) is 5.06 Å². The van der Waals surface area contributed by atoms with Crippen molar-refractivity contribution in [3.63, 3.8) is 0 Å². The van der Waals surface area contributed by atoms with Crippen LogP contribution in [0.15, 0.2) is 60.7 Å². The van der Waals surface area contributed by atoms with Crippen LogP contribution in [-0.4, -0.2) is 130 Å². The molecule has 400 valence electrons. The third-order valence-corrected chi connectivity index (χ3v) is 11.7. The quantitative estimate of drug-likeness (QED) is 0.0354. The van der Waals surface area contributed by atoms with Crippen LogP contribution in [0.2, 0.25) is 0 Å². The van der Waals surface area contributed by atoms with E-state index in [1.165, 1.54) is 32.1 Å². The molecule has 0 saturated carbocycles. The van der Waals surface area contributed by atoms with E-state index in [-0.39, 0.29) is 122 Å². The molecule has 19 nitrogen and oxygen atoms in total. The van der Waals surface area contributed by atoms with Crippen molar-refractivity contribution < 1.29 is 72.0 Å². The van der Waals surface area contributed by atoms with Crippen molar-refractivity contribution in [1.82, 2.24) is 21.0 Å². The molecule has 1 saturated heterocycles. The Morgan fingerprint density at radius 2 is 1.04 bits per heavy atom. The molecule has 0 spiro atoms. The smallest absolute Gasteiger partial charge is 0.358 e. The van der Waals surface area contributed by atoms with E-state index in [0.29, 0.717) is 17.9 Å². The lowest BCUT2D eigenvalue weighted by Gasteiger charge is -2.18. The predicted molar refractivity (Wildman–Crippen MR) is 264 cm³/mol. The number of unbranched alkanes of at least 4 members (excludes halogenated alkanes) is 12. The van der Waals surface area contributed by atoms with Crippen molar-refractivity contribution in [2.75, 3.05) is 65.9 Å². The third-order valence-electron chi connectivity index (χ3n) is 11.7. The molecular formula is C53H78N4O15. The second-order valence-electron chi connectivity index (χ2n) is 17.7. The number of carbonyl (C=O) groups is 8. The van der Waals surface area contributed by atoms with E-state index in [4.69, 9.17) is 23.7 Å². The highest BCUT2D eigenvalue weighted by Gasteiger charge is 2.33. The maximum absolute atomic E-state index is 13.1. The average molecular weight is 1010 g/mol. The van der Waals surface area contributed by atoms with Crippen LogP contribution < -0.4 is 16.0 Å². The summed E-state index contributed by atoms with van der Waals surface area (Å²) < 4.78 is 26.7. The molecule has 1 heterocycles. The molecular weight excluding hydrogens is 933 g/mol. The van der Waals surface area contributed by atoms with Gasteiger partial charge in [-0.1, -0.05) is 138 Å². The van der Waals surface area contributed by atoms with Gasteiger partial charge in [-0.3, -0.25) is 28.8 Å². The number of imide groups is 1. The number of carboxylic acid groups (broad SMARTS) is 1. The number of nitrogens with zero attached hydrogens (tertiary/aromatic N) is 1. The lowest BCUT2D eigenvalue weighted by atomic mass is 9.93. The normalized spacial score (nSPS) is 13.1. The first-order chi connectivity index (χ1) is 35.0. The summed E-state index contributed by atoms with van der Waals surface area (Å²) in [5.74, 6) is -4.59. The Morgan fingerprint density at radius 3 is 1.61 bits per heavy atom. The van der Waals surface area contributed by atoms with Gasteiger partial charge in [-0.05, 0) is 36.8 Å². The van der Waals surface area contributed by atoms with Gasteiger partial charge in [0.05, 0.1) is 45.6 Å². The SMILES string of the molecule is O=C(CC[C@H](NC(=O)CCCCCCCCCCCCCCCC(Cc1ccccc1)C(=O)O)C(=O)OCc1ccccc1)NCCOCCOCC(=O)NCCOCCOCC(=O)ON1C(=O)CCC1=O. The minimum atomic E-state index is -0.978. The number of benzene rings is 2. The largest absolute Gasteiger partial charge is 0.481 e. The lowest BCUT2D eigenvalue weighted by Crippen LogP contribution is -2.42. The zero-order valence-electron chi connectivity index (χ0n) is 42.0. The molecule has 1 aliphatic rings. The Hall–Kier alpha value is -5.76. The van der Waals surface area contributed by atoms with Crippen molar-refractivity contribution >= 4 is 47.4 Å². The molecule has 0 aliphatic carbocycles. The van der Waals surface area contributed by atoms with E-state index >= 15 is 0 Å². The van der Waals surface area contributed by atoms with Crippen LogP contribution in [0.3, 0.4) is 0 Å². The lowest BCUT2D eigenvalue weighted by molar-refractivity contribution is -0.200. The number of amides is 5. The van der Waals surface area contributed by atoms with Crippen molar-refractivity contribution in [3.05, 3.63) is 71.8 Å². The predicted octanol–water partition coefficient (Wildman–Crippen LogP) is 5.70. The first kappa shape index (κ1) is 60.5. The Labute approximate surface area is 424 Å². The van der Waals surface area contributed by atoms with Gasteiger partial charge in [-0.25, -0.2) is 9.59 Å². The van der Waals surface area contributed by atoms with Crippen LogP contribution in [-0.2, 0) is 79.9 Å². The summed E-state index contributed by atoms with van der Waals surface area (Å²) in [5.41, 5.74) is 1.88. The molecule has 3 rings (SSSR count). The van der Waals surface area contributed by atoms with Crippen molar-refractivity contribution in [3.8, 4) is 0 Å². The van der Waals surface area contributed by atoms with Gasteiger partial charge in [0.25, 0.3) is 11.8 Å². The van der Waals surface area contributed by atoms with Crippen LogP contribution >= 0.6 is 0 Å². The van der Waals surface area contributed by atoms with Crippen LogP contribution in [0.5, 0.6) is 0 Å². The van der Waals surface area contributed by atoms with Gasteiger partial charge in [-0.2, -0.15) is 0 Å². The number of carbonyl (C=O) groups excluding carboxylic acids is 7. The summed E-state index contributed by atoms with van der Waals surface area (Å²) in [7, 11) is 0. The number of rotatable bonds is 43. The van der Waals surface area contributed by atoms with Gasteiger partial charge >= 0.3 is 17.9 Å². The number of aliphatic carboxylic acids is 1. The van der Waals surface area contributed by atoms with E-state index < -0.39 is 42.4 Å². The van der Waals surface area contributed by atoms with E-state index in [0.717, 1.165) is 62.5 Å². The van der Waals surface area contributed by atoms with Crippen LogP contribution in [0, 0.1) is 5.92 Å². The van der Waals surface area contributed by atoms with Gasteiger partial charge in [0, 0.05) is 38.8 Å². The van der Waals surface area contributed by atoms with Crippen molar-refractivity contribution in [2.45, 2.75) is 141 Å².